The van der Waals surface area contributed by atoms with Crippen LogP contribution in [0.25, 0.3) is 0 Å². The molecule has 0 heterocycles. The molecule has 13 heavy (non-hydrogen) atoms. The third-order valence-electron chi connectivity index (χ3n) is 1.28. The molecule has 6 heteroatoms. The molecule has 0 atom stereocenters. The molecule has 4 nitrogen and oxygen atoms in total. The largest absolute Gasteiger partial charge is 0.466 e. The normalized spacial score (nSPS) is 10.4. The van der Waals surface area contributed by atoms with Crippen LogP contribution in [0.2, 0.25) is 2.07 Å². The van der Waals surface area contributed by atoms with Gasteiger partial charge in [-0.2, -0.15) is 0 Å². The molecule has 0 radical (unpaired) electrons. The Labute approximate surface area is 106 Å². The molecule has 3 N–H and O–H groups in total. The second-order valence-electron chi connectivity index (χ2n) is 2.68. The Morgan fingerprint density at radius 1 is 1.08 bits per heavy atom. The van der Waals surface area contributed by atoms with Crippen molar-refractivity contribution in [2.75, 3.05) is 0 Å². The molecule has 0 aromatic rings. The summed E-state index contributed by atoms with van der Waals surface area (Å²) in [6.07, 6.45) is 7.27. The van der Waals surface area contributed by atoms with Gasteiger partial charge in [-0.25, -0.2) is 4.57 Å². The second kappa shape index (κ2) is 11.5. The molecule has 0 aromatic carbocycles. The van der Waals surface area contributed by atoms with Crippen molar-refractivity contribution in [2.24, 2.45) is 0 Å². The van der Waals surface area contributed by atoms with Gasteiger partial charge in [0.15, 0.2) is 0 Å². The van der Waals surface area contributed by atoms with E-state index in [1.165, 1.54) is 72.9 Å². The number of phosphoric acid groups is 1. The van der Waals surface area contributed by atoms with Crippen LogP contribution in [0.15, 0.2) is 0 Å². The Kier molecular flexibility index (Phi) is 15.0. The van der Waals surface area contributed by atoms with E-state index >= 15 is 0 Å². The van der Waals surface area contributed by atoms with E-state index in [2.05, 4.69) is 6.92 Å². The average molecular weight is 341 g/mol. The quantitative estimate of drug-likeness (QED) is 0.528. The molecule has 0 rings (SSSR count). The predicted molar refractivity (Wildman–Crippen MR) is 47.8 cm³/mol. The van der Waals surface area contributed by atoms with Crippen molar-refractivity contribution in [3.05, 3.63) is 0 Å². The van der Waals surface area contributed by atoms with E-state index in [-0.39, 0.29) is 0 Å². The summed E-state index contributed by atoms with van der Waals surface area (Å²) in [7, 11) is -4.64. The van der Waals surface area contributed by atoms with E-state index in [4.69, 9.17) is 19.2 Å². The molecule has 0 saturated heterocycles. The Morgan fingerprint density at radius 2 is 1.46 bits per heavy atom. The summed E-state index contributed by atoms with van der Waals surface area (Å²) in [5, 5.41) is 0. The second-order valence-corrected chi connectivity index (χ2v) is 5.31. The monoisotopic (exact) mass is 339 g/mol. The molecule has 0 bridgehead atoms. The van der Waals surface area contributed by atoms with E-state index in [1.54, 1.807) is 0 Å². The zero-order valence-corrected chi connectivity index (χ0v) is 12.0. The maximum Gasteiger partial charge on any atom is 0.466 e. The summed E-state index contributed by atoms with van der Waals surface area (Å²) >= 11 is 1.41. The summed E-state index contributed by atoms with van der Waals surface area (Å²) in [4.78, 5) is 21.6. The zero-order valence-electron chi connectivity index (χ0n) is 7.94. The fraction of sp³-hybridized carbons (Fsp3) is 1.00. The first-order valence-electron chi connectivity index (χ1n) is 4.34. The van der Waals surface area contributed by atoms with E-state index in [1.807, 2.05) is 0 Å². The van der Waals surface area contributed by atoms with Crippen molar-refractivity contribution in [3.63, 3.8) is 0 Å². The minimum Gasteiger partial charge on any atom is -0.303 e. The molecule has 0 aliphatic carbocycles. The van der Waals surface area contributed by atoms with Crippen LogP contribution >= 0.6 is 7.82 Å². The average Bonchev–Trinajstić information content (AvgIpc) is 1.95. The van der Waals surface area contributed by atoms with Crippen LogP contribution in [0, 0.1) is 38.8 Å². The van der Waals surface area contributed by atoms with Crippen molar-refractivity contribution in [1.82, 2.24) is 0 Å². The van der Waals surface area contributed by atoms with Gasteiger partial charge in [-0.15, -0.1) is 0 Å². The molecule has 0 aliphatic rings. The predicted octanol–water partition coefficient (Wildman–Crippen LogP) is 2.00. The Bertz CT molecular complexity index is 122. The molecular formula is C7H18NdO4P. The fourth-order valence-electron chi connectivity index (χ4n) is 0.729. The van der Waals surface area contributed by atoms with Crippen LogP contribution in [0.1, 0.15) is 39.0 Å². The van der Waals surface area contributed by atoms with E-state index < -0.39 is 7.82 Å². The van der Waals surface area contributed by atoms with Gasteiger partial charge in [0, 0.05) is 0 Å². The van der Waals surface area contributed by atoms with Crippen molar-refractivity contribution in [3.8, 4) is 0 Å². The van der Waals surface area contributed by atoms with Crippen LogP contribution in [0.4, 0.5) is 0 Å². The third kappa shape index (κ3) is 42.4. The van der Waals surface area contributed by atoms with Crippen LogP contribution in [0.5, 0.6) is 0 Å². The zero-order chi connectivity index (χ0) is 10.7. The smallest absolute Gasteiger partial charge is 0.303 e. The van der Waals surface area contributed by atoms with Crippen LogP contribution < -0.4 is 0 Å². The number of hydrogen-bond acceptors (Lipinski definition) is 1. The van der Waals surface area contributed by atoms with Crippen molar-refractivity contribution < 1.29 is 58.0 Å². The molecular weight excluding hydrogens is 323 g/mol. The van der Waals surface area contributed by atoms with E-state index in [0.717, 1.165) is 0 Å². The maximum absolute atomic E-state index is 8.88. The van der Waals surface area contributed by atoms with Gasteiger partial charge in [0.05, 0.1) is 0 Å². The topological polar surface area (TPSA) is 77.8 Å². The van der Waals surface area contributed by atoms with E-state index in [9.17, 15) is 0 Å². The van der Waals surface area contributed by atoms with Gasteiger partial charge in [-0.05, 0) is 0 Å². The first-order chi connectivity index (χ1) is 5.91. The molecule has 0 fully saturated rings. The van der Waals surface area contributed by atoms with Crippen LogP contribution in [-0.4, -0.2) is 14.7 Å². The van der Waals surface area contributed by atoms with Crippen molar-refractivity contribution in [2.45, 2.75) is 41.1 Å². The minimum atomic E-state index is -4.64. The van der Waals surface area contributed by atoms with Gasteiger partial charge in [-0.3, -0.25) is 0 Å². The number of hydrogen-bond donors (Lipinski definition) is 3. The van der Waals surface area contributed by atoms with Gasteiger partial charge in [-0.1, -0.05) is 0 Å². The minimum absolute atomic E-state index is 1.38. The first kappa shape index (κ1) is 16.9. The molecule has 0 aliphatic heterocycles. The van der Waals surface area contributed by atoms with Gasteiger partial charge in [0.1, 0.15) is 0 Å². The molecule has 0 aromatic heterocycles. The van der Waals surface area contributed by atoms with Gasteiger partial charge in [0.25, 0.3) is 0 Å². The Hall–Kier alpha value is 1.46. The van der Waals surface area contributed by atoms with Crippen LogP contribution in [-0.2, 0) is 4.57 Å². The maximum atomic E-state index is 8.88. The first-order valence-corrected chi connectivity index (χ1v) is 8.18. The SMILES string of the molecule is CCCCCC[CH2][Nd].O=P(O)(O)O. The molecule has 79 valence electrons. The van der Waals surface area contributed by atoms with Crippen molar-refractivity contribution >= 4 is 7.82 Å². The number of rotatable bonds is 5. The Morgan fingerprint density at radius 3 is 1.77 bits per heavy atom. The third-order valence-corrected chi connectivity index (χ3v) is 2.41. The Balaban J connectivity index is 0. The van der Waals surface area contributed by atoms with Gasteiger partial charge < -0.3 is 14.7 Å². The summed E-state index contributed by atoms with van der Waals surface area (Å²) < 4.78 is 10.4. The van der Waals surface area contributed by atoms with Gasteiger partial charge >= 0.3 is 87.7 Å². The summed E-state index contributed by atoms with van der Waals surface area (Å²) in [6.45, 7) is 2.26. The van der Waals surface area contributed by atoms with Crippen LogP contribution in [0.3, 0.4) is 0 Å². The molecule has 0 amide bonds. The summed E-state index contributed by atoms with van der Waals surface area (Å²) in [5.41, 5.74) is 0. The molecule has 0 saturated carbocycles. The van der Waals surface area contributed by atoms with Gasteiger partial charge in [0.2, 0.25) is 0 Å². The summed E-state index contributed by atoms with van der Waals surface area (Å²) in [6, 6.07) is 0. The van der Waals surface area contributed by atoms with Crippen molar-refractivity contribution in [1.29, 1.82) is 0 Å². The molecule has 0 spiro atoms. The standard InChI is InChI=1S/C7H15.Nd.H3O4P/c1-3-5-7-6-4-2;;1-5(2,3)4/h1,3-7H2,2H3;;(H3,1,2,3,4). The summed E-state index contributed by atoms with van der Waals surface area (Å²) in [5.74, 6) is 0. The number of unbranched alkanes of at least 4 members (excludes halogenated alkanes) is 4. The van der Waals surface area contributed by atoms with E-state index in [0.29, 0.717) is 0 Å². The fourth-order valence-corrected chi connectivity index (χ4v) is 1.53. The molecule has 0 unspecified atom stereocenters.